The molecule has 3 rings (SSSR count). The first-order valence-electron chi connectivity index (χ1n) is 9.72. The minimum Gasteiger partial charge on any atom is -0.342 e. The maximum atomic E-state index is 12.3. The van der Waals surface area contributed by atoms with Crippen molar-refractivity contribution < 1.29 is 4.79 Å². The Morgan fingerprint density at radius 2 is 2.12 bits per heavy atom. The van der Waals surface area contributed by atoms with Crippen LogP contribution < -0.4 is 5.32 Å². The third kappa shape index (κ3) is 4.55. The van der Waals surface area contributed by atoms with Crippen LogP contribution in [0.25, 0.3) is 11.0 Å². The molecule has 0 aliphatic carbocycles. The van der Waals surface area contributed by atoms with Crippen molar-refractivity contribution in [2.45, 2.75) is 45.6 Å². The van der Waals surface area contributed by atoms with E-state index in [-0.39, 0.29) is 6.03 Å². The number of H-pyrrole nitrogens is 1. The smallest absolute Gasteiger partial charge is 0.317 e. The van der Waals surface area contributed by atoms with Crippen LogP contribution >= 0.6 is 0 Å². The molecule has 2 amide bonds. The highest BCUT2D eigenvalue weighted by Gasteiger charge is 2.18. The lowest BCUT2D eigenvalue weighted by Crippen LogP contribution is -2.47. The number of likely N-dealkylation sites (N-methyl/N-ethyl adjacent to an activating group) is 1. The van der Waals surface area contributed by atoms with Crippen LogP contribution in [-0.2, 0) is 6.42 Å². The van der Waals surface area contributed by atoms with Gasteiger partial charge in [-0.25, -0.2) is 9.78 Å². The number of benzene rings is 1. The van der Waals surface area contributed by atoms with Crippen LogP contribution in [-0.4, -0.2) is 65.1 Å². The van der Waals surface area contributed by atoms with E-state index in [1.807, 2.05) is 19.2 Å². The summed E-state index contributed by atoms with van der Waals surface area (Å²) in [5, 5.41) is 3.07. The van der Waals surface area contributed by atoms with E-state index in [9.17, 15) is 4.79 Å². The normalized spacial score (nSPS) is 16.6. The van der Waals surface area contributed by atoms with Crippen molar-refractivity contribution in [3.8, 4) is 0 Å². The third-order valence-electron chi connectivity index (χ3n) is 5.36. The number of nitrogens with zero attached hydrogens (tertiary/aromatic N) is 3. The third-order valence-corrected chi connectivity index (χ3v) is 5.36. The van der Waals surface area contributed by atoms with Crippen molar-refractivity contribution >= 4 is 17.1 Å². The number of imidazole rings is 1. The summed E-state index contributed by atoms with van der Waals surface area (Å²) in [6.45, 7) is 7.91. The van der Waals surface area contributed by atoms with E-state index in [0.29, 0.717) is 19.1 Å². The van der Waals surface area contributed by atoms with Crippen molar-refractivity contribution in [2.75, 3.05) is 33.2 Å². The highest BCUT2D eigenvalue weighted by atomic mass is 16.2. The average molecular weight is 358 g/mol. The highest BCUT2D eigenvalue weighted by molar-refractivity contribution is 5.78. The van der Waals surface area contributed by atoms with Crippen molar-refractivity contribution in [1.29, 1.82) is 0 Å². The number of likely N-dealkylation sites (tertiary alicyclic amines) is 1. The molecule has 1 aromatic carbocycles. The standard InChI is InChI=1S/C20H31N5O/c1-15-8-7-9-17-19(15)23-18(22-17)10-13-24(3)20(26)21-14-16(2)25-11-5-4-6-12-25/h7-9,16H,4-6,10-14H2,1-3H3,(H,21,26)(H,22,23). The number of aromatic amines is 1. The number of aryl methyl sites for hydroxylation is 1. The first-order valence-corrected chi connectivity index (χ1v) is 9.72. The Morgan fingerprint density at radius 3 is 2.85 bits per heavy atom. The zero-order chi connectivity index (χ0) is 18.5. The summed E-state index contributed by atoms with van der Waals surface area (Å²) in [6.07, 6.45) is 4.60. The second-order valence-corrected chi connectivity index (χ2v) is 7.46. The minimum absolute atomic E-state index is 0.0128. The Hall–Kier alpha value is -2.08. The minimum atomic E-state index is -0.0128. The molecule has 1 aliphatic heterocycles. The van der Waals surface area contributed by atoms with Gasteiger partial charge in [-0.1, -0.05) is 18.6 Å². The van der Waals surface area contributed by atoms with Crippen molar-refractivity contribution in [2.24, 2.45) is 0 Å². The van der Waals surface area contributed by atoms with E-state index in [0.717, 1.165) is 36.4 Å². The number of carbonyl (C=O) groups is 1. The Labute approximate surface area is 156 Å². The van der Waals surface area contributed by atoms with Gasteiger partial charge in [0.2, 0.25) is 0 Å². The fraction of sp³-hybridized carbons (Fsp3) is 0.600. The maximum absolute atomic E-state index is 12.3. The fourth-order valence-corrected chi connectivity index (χ4v) is 3.58. The SMILES string of the molecule is Cc1cccc2[nH]c(CCN(C)C(=O)NCC(C)N3CCCCC3)nc12. The summed E-state index contributed by atoms with van der Waals surface area (Å²) >= 11 is 0. The maximum Gasteiger partial charge on any atom is 0.317 e. The number of urea groups is 1. The zero-order valence-corrected chi connectivity index (χ0v) is 16.2. The van der Waals surface area contributed by atoms with Gasteiger partial charge in [0.15, 0.2) is 0 Å². The van der Waals surface area contributed by atoms with E-state index < -0.39 is 0 Å². The molecule has 26 heavy (non-hydrogen) atoms. The topological polar surface area (TPSA) is 64.3 Å². The second-order valence-electron chi connectivity index (χ2n) is 7.46. The number of piperidine rings is 1. The number of nitrogens with one attached hydrogen (secondary N) is 2. The lowest BCUT2D eigenvalue weighted by atomic mass is 10.1. The van der Waals surface area contributed by atoms with Gasteiger partial charge in [0.25, 0.3) is 0 Å². The Kier molecular flexibility index (Phi) is 6.14. The number of fused-ring (bicyclic) bond motifs is 1. The first kappa shape index (κ1) is 18.7. The lowest BCUT2D eigenvalue weighted by Gasteiger charge is -2.32. The monoisotopic (exact) mass is 357 g/mol. The van der Waals surface area contributed by atoms with Crippen LogP contribution in [0.15, 0.2) is 18.2 Å². The molecule has 1 atom stereocenters. The molecule has 6 heteroatoms. The fourth-order valence-electron chi connectivity index (χ4n) is 3.58. The summed E-state index contributed by atoms with van der Waals surface area (Å²) in [6, 6.07) is 6.52. The number of hydrogen-bond donors (Lipinski definition) is 2. The highest BCUT2D eigenvalue weighted by Crippen LogP contribution is 2.15. The number of rotatable bonds is 6. The molecule has 0 radical (unpaired) electrons. The van der Waals surface area contributed by atoms with Crippen LogP contribution in [0.1, 0.15) is 37.6 Å². The van der Waals surface area contributed by atoms with Crippen LogP contribution in [0.3, 0.4) is 0 Å². The van der Waals surface area contributed by atoms with Gasteiger partial charge in [-0.05, 0) is 51.4 Å². The van der Waals surface area contributed by atoms with Gasteiger partial charge in [-0.3, -0.25) is 4.90 Å². The van der Waals surface area contributed by atoms with Crippen molar-refractivity contribution in [3.05, 3.63) is 29.6 Å². The molecular formula is C20H31N5O. The molecule has 1 saturated heterocycles. The predicted molar refractivity (Wildman–Crippen MR) is 105 cm³/mol. The molecular weight excluding hydrogens is 326 g/mol. The van der Waals surface area contributed by atoms with Crippen LogP contribution in [0, 0.1) is 6.92 Å². The number of para-hydroxylation sites is 1. The molecule has 142 valence electrons. The number of amides is 2. The van der Waals surface area contributed by atoms with Crippen LogP contribution in [0.2, 0.25) is 0 Å². The predicted octanol–water partition coefficient (Wildman–Crippen LogP) is 2.93. The Bertz CT molecular complexity index is 735. The molecule has 1 fully saturated rings. The van der Waals surface area contributed by atoms with E-state index in [1.54, 1.807) is 4.90 Å². The van der Waals surface area contributed by atoms with Gasteiger partial charge >= 0.3 is 6.03 Å². The molecule has 2 heterocycles. The van der Waals surface area contributed by atoms with Gasteiger partial charge in [0.05, 0.1) is 11.0 Å². The molecule has 1 unspecified atom stereocenters. The summed E-state index contributed by atoms with van der Waals surface area (Å²) in [4.78, 5) is 24.6. The quantitative estimate of drug-likeness (QED) is 0.835. The van der Waals surface area contributed by atoms with Gasteiger partial charge in [0.1, 0.15) is 5.82 Å². The van der Waals surface area contributed by atoms with Gasteiger partial charge < -0.3 is 15.2 Å². The van der Waals surface area contributed by atoms with E-state index >= 15 is 0 Å². The van der Waals surface area contributed by atoms with Crippen molar-refractivity contribution in [1.82, 2.24) is 25.1 Å². The van der Waals surface area contributed by atoms with E-state index in [4.69, 9.17) is 0 Å². The molecule has 0 bridgehead atoms. The summed E-state index contributed by atoms with van der Waals surface area (Å²) in [7, 11) is 1.84. The van der Waals surface area contributed by atoms with E-state index in [2.05, 4.69) is 40.1 Å². The average Bonchev–Trinajstić information content (AvgIpc) is 3.09. The molecule has 6 nitrogen and oxygen atoms in total. The molecule has 2 aromatic rings. The summed E-state index contributed by atoms with van der Waals surface area (Å²) < 4.78 is 0. The second kappa shape index (κ2) is 8.54. The molecule has 1 aliphatic rings. The largest absolute Gasteiger partial charge is 0.342 e. The number of carbonyl (C=O) groups excluding carboxylic acids is 1. The zero-order valence-electron chi connectivity index (χ0n) is 16.2. The lowest BCUT2D eigenvalue weighted by molar-refractivity contribution is 0.165. The van der Waals surface area contributed by atoms with Crippen LogP contribution in [0.4, 0.5) is 4.79 Å². The van der Waals surface area contributed by atoms with Gasteiger partial charge in [-0.15, -0.1) is 0 Å². The van der Waals surface area contributed by atoms with Crippen LogP contribution in [0.5, 0.6) is 0 Å². The van der Waals surface area contributed by atoms with Crippen molar-refractivity contribution in [3.63, 3.8) is 0 Å². The Morgan fingerprint density at radius 1 is 1.35 bits per heavy atom. The molecule has 0 spiro atoms. The summed E-state index contributed by atoms with van der Waals surface area (Å²) in [5.41, 5.74) is 3.25. The van der Waals surface area contributed by atoms with Gasteiger partial charge in [-0.2, -0.15) is 0 Å². The molecule has 2 N–H and O–H groups in total. The molecule has 1 aromatic heterocycles. The number of aromatic nitrogens is 2. The van der Waals surface area contributed by atoms with E-state index in [1.165, 1.54) is 24.8 Å². The first-order chi connectivity index (χ1) is 12.5. The van der Waals surface area contributed by atoms with Gasteiger partial charge in [0, 0.05) is 32.6 Å². The molecule has 0 saturated carbocycles. The Balaban J connectivity index is 1.45. The number of hydrogen-bond acceptors (Lipinski definition) is 3. The summed E-state index contributed by atoms with van der Waals surface area (Å²) in [5.74, 6) is 0.927.